The van der Waals surface area contributed by atoms with Crippen LogP contribution in [0.2, 0.25) is 0 Å². The Hall–Kier alpha value is -2.37. The highest BCUT2D eigenvalue weighted by Gasteiger charge is 2.22. The third-order valence-corrected chi connectivity index (χ3v) is 3.03. The number of aromatic hydroxyl groups is 1. The molecule has 1 aromatic rings. The Morgan fingerprint density at radius 2 is 2.21 bits per heavy atom. The van der Waals surface area contributed by atoms with Crippen LogP contribution >= 0.6 is 0 Å². The van der Waals surface area contributed by atoms with Gasteiger partial charge in [0, 0.05) is 12.1 Å². The third-order valence-electron chi connectivity index (χ3n) is 3.03. The fraction of sp³-hybridized carbons (Fsp3) is 0.308. The lowest BCUT2D eigenvalue weighted by Gasteiger charge is -2.19. The van der Waals surface area contributed by atoms with E-state index in [1.165, 1.54) is 6.07 Å². The molecule has 1 aliphatic carbocycles. The zero-order chi connectivity index (χ0) is 13.8. The van der Waals surface area contributed by atoms with E-state index in [0.717, 1.165) is 31.4 Å². The fourth-order valence-corrected chi connectivity index (χ4v) is 2.05. The second-order valence-electron chi connectivity index (χ2n) is 4.41. The summed E-state index contributed by atoms with van der Waals surface area (Å²) in [4.78, 5) is 22.3. The average molecular weight is 262 g/mol. The number of nitro benzene ring substituents is 1. The van der Waals surface area contributed by atoms with Gasteiger partial charge < -0.3 is 10.4 Å². The summed E-state index contributed by atoms with van der Waals surface area (Å²) in [6.45, 7) is 0. The summed E-state index contributed by atoms with van der Waals surface area (Å²) in [5, 5.41) is 23.0. The molecule has 0 bridgehead atoms. The number of nitrogens with one attached hydrogen (secondary N) is 1. The van der Waals surface area contributed by atoms with E-state index in [0.29, 0.717) is 0 Å². The summed E-state index contributed by atoms with van der Waals surface area (Å²) in [5.74, 6) is -0.692. The van der Waals surface area contributed by atoms with Crippen LogP contribution in [0.4, 0.5) is 5.69 Å². The van der Waals surface area contributed by atoms with Gasteiger partial charge in [-0.25, -0.2) is 0 Å². The topological polar surface area (TPSA) is 92.5 Å². The molecular formula is C13H14N2O4. The van der Waals surface area contributed by atoms with Gasteiger partial charge >= 0.3 is 0 Å². The van der Waals surface area contributed by atoms with Crippen LogP contribution in [0.5, 0.6) is 5.75 Å². The van der Waals surface area contributed by atoms with E-state index >= 15 is 0 Å². The van der Waals surface area contributed by atoms with Gasteiger partial charge in [0.1, 0.15) is 11.3 Å². The molecule has 1 aliphatic rings. The number of amides is 1. The summed E-state index contributed by atoms with van der Waals surface area (Å²) in [5.41, 5.74) is -0.416. The minimum atomic E-state index is -0.630. The van der Waals surface area contributed by atoms with E-state index in [4.69, 9.17) is 0 Å². The second kappa shape index (κ2) is 5.51. The summed E-state index contributed by atoms with van der Waals surface area (Å²) in [6.07, 6.45) is 6.44. The van der Waals surface area contributed by atoms with Crippen LogP contribution in [-0.4, -0.2) is 22.0 Å². The maximum atomic E-state index is 12.0. The molecule has 1 unspecified atom stereocenters. The van der Waals surface area contributed by atoms with Crippen molar-refractivity contribution >= 4 is 11.6 Å². The number of phenols is 1. The van der Waals surface area contributed by atoms with Crippen LogP contribution in [0.25, 0.3) is 0 Å². The number of nitrogens with zero attached hydrogens (tertiary/aromatic N) is 1. The quantitative estimate of drug-likeness (QED) is 0.496. The van der Waals surface area contributed by atoms with Crippen LogP contribution in [0.15, 0.2) is 30.4 Å². The lowest BCUT2D eigenvalue weighted by Crippen LogP contribution is -2.35. The zero-order valence-corrected chi connectivity index (χ0v) is 10.2. The van der Waals surface area contributed by atoms with Gasteiger partial charge in [0.2, 0.25) is 0 Å². The predicted octanol–water partition coefficient (Wildman–Crippen LogP) is 2.14. The van der Waals surface area contributed by atoms with Crippen molar-refractivity contribution in [1.82, 2.24) is 5.32 Å². The number of phenolic OH excluding ortho intramolecular Hbond substituents is 1. The molecule has 0 spiro atoms. The van der Waals surface area contributed by atoms with Crippen LogP contribution in [0.3, 0.4) is 0 Å². The zero-order valence-electron chi connectivity index (χ0n) is 10.2. The highest BCUT2D eigenvalue weighted by Crippen LogP contribution is 2.23. The Balaban J connectivity index is 2.20. The summed E-state index contributed by atoms with van der Waals surface area (Å²) in [7, 11) is 0. The number of hydrogen-bond donors (Lipinski definition) is 2. The Bertz CT molecular complexity index is 539. The van der Waals surface area contributed by atoms with Crippen LogP contribution in [0, 0.1) is 10.1 Å². The van der Waals surface area contributed by atoms with Gasteiger partial charge in [-0.05, 0) is 31.4 Å². The van der Waals surface area contributed by atoms with Crippen molar-refractivity contribution in [2.75, 3.05) is 0 Å². The van der Waals surface area contributed by atoms with E-state index in [1.54, 1.807) is 0 Å². The van der Waals surface area contributed by atoms with Gasteiger partial charge in [-0.2, -0.15) is 0 Å². The molecule has 0 radical (unpaired) electrons. The maximum absolute atomic E-state index is 12.0. The highest BCUT2D eigenvalue weighted by molar-refractivity contribution is 5.98. The summed E-state index contributed by atoms with van der Waals surface area (Å²) >= 11 is 0. The number of benzene rings is 1. The van der Waals surface area contributed by atoms with Gasteiger partial charge in [0.15, 0.2) is 0 Å². The third kappa shape index (κ3) is 3.09. The molecule has 0 heterocycles. The second-order valence-corrected chi connectivity index (χ2v) is 4.41. The van der Waals surface area contributed by atoms with E-state index in [9.17, 15) is 20.0 Å². The summed E-state index contributed by atoms with van der Waals surface area (Å²) < 4.78 is 0. The summed E-state index contributed by atoms with van der Waals surface area (Å²) in [6, 6.07) is 3.43. The largest absolute Gasteiger partial charge is 0.508 e. The molecule has 2 N–H and O–H groups in total. The van der Waals surface area contributed by atoms with Crippen molar-refractivity contribution in [1.29, 1.82) is 0 Å². The minimum Gasteiger partial charge on any atom is -0.508 e. The van der Waals surface area contributed by atoms with Gasteiger partial charge in [-0.3, -0.25) is 14.9 Å². The first-order valence-corrected chi connectivity index (χ1v) is 6.01. The van der Waals surface area contributed by atoms with Crippen LogP contribution in [0.1, 0.15) is 29.6 Å². The van der Waals surface area contributed by atoms with E-state index in [2.05, 4.69) is 5.32 Å². The lowest BCUT2D eigenvalue weighted by atomic mass is 10.0. The smallest absolute Gasteiger partial charge is 0.282 e. The number of hydrogen-bond acceptors (Lipinski definition) is 4. The van der Waals surface area contributed by atoms with Crippen LogP contribution in [-0.2, 0) is 0 Å². The first-order valence-electron chi connectivity index (χ1n) is 6.01. The number of rotatable bonds is 3. The standard InChI is InChI=1S/C13H14N2O4/c16-10-6-7-12(15(18)19)11(8-10)13(17)14-9-4-2-1-3-5-9/h1-2,6-9,16H,3-5H2,(H,14,17). The Morgan fingerprint density at radius 3 is 2.84 bits per heavy atom. The van der Waals surface area contributed by atoms with E-state index in [-0.39, 0.29) is 23.0 Å². The predicted molar refractivity (Wildman–Crippen MR) is 69.0 cm³/mol. The number of carbonyl (C=O) groups is 1. The van der Waals surface area contributed by atoms with Crippen molar-refractivity contribution in [3.63, 3.8) is 0 Å². The fourth-order valence-electron chi connectivity index (χ4n) is 2.05. The molecule has 6 heteroatoms. The van der Waals surface area contributed by atoms with Crippen molar-refractivity contribution in [3.8, 4) is 5.75 Å². The SMILES string of the molecule is O=C(NC1CC=CCC1)c1cc(O)ccc1[N+](=O)[O-]. The molecule has 2 rings (SSSR count). The molecule has 0 fully saturated rings. The molecule has 0 aliphatic heterocycles. The van der Waals surface area contributed by atoms with Gasteiger partial charge in [-0.15, -0.1) is 0 Å². The number of nitro groups is 1. The lowest BCUT2D eigenvalue weighted by molar-refractivity contribution is -0.385. The molecule has 100 valence electrons. The molecule has 1 amide bonds. The molecule has 1 aromatic carbocycles. The Morgan fingerprint density at radius 1 is 1.42 bits per heavy atom. The molecule has 6 nitrogen and oxygen atoms in total. The van der Waals surface area contributed by atoms with E-state index < -0.39 is 10.8 Å². The van der Waals surface area contributed by atoms with Crippen molar-refractivity contribution in [2.45, 2.75) is 25.3 Å². The minimum absolute atomic E-state index is 0.0144. The average Bonchev–Trinajstić information content (AvgIpc) is 2.39. The monoisotopic (exact) mass is 262 g/mol. The highest BCUT2D eigenvalue weighted by atomic mass is 16.6. The number of allylic oxidation sites excluding steroid dienone is 1. The van der Waals surface area contributed by atoms with Crippen molar-refractivity contribution in [2.24, 2.45) is 0 Å². The molecule has 0 saturated carbocycles. The molecule has 0 saturated heterocycles. The molecule has 0 aromatic heterocycles. The Labute approximate surface area is 109 Å². The molecule has 19 heavy (non-hydrogen) atoms. The number of carbonyl (C=O) groups excluding carboxylic acids is 1. The van der Waals surface area contributed by atoms with Gasteiger partial charge in [0.25, 0.3) is 11.6 Å². The van der Waals surface area contributed by atoms with E-state index in [1.807, 2.05) is 12.2 Å². The van der Waals surface area contributed by atoms with Gasteiger partial charge in [0.05, 0.1) is 4.92 Å². The Kier molecular flexibility index (Phi) is 3.79. The first-order chi connectivity index (χ1) is 9.08. The first kappa shape index (κ1) is 13.1. The molecule has 1 atom stereocenters. The van der Waals surface area contributed by atoms with Crippen LogP contribution < -0.4 is 5.32 Å². The van der Waals surface area contributed by atoms with Crippen molar-refractivity contribution < 1.29 is 14.8 Å². The normalized spacial score (nSPS) is 18.0. The maximum Gasteiger partial charge on any atom is 0.282 e. The molecular weight excluding hydrogens is 248 g/mol. The van der Waals surface area contributed by atoms with Crippen molar-refractivity contribution in [3.05, 3.63) is 46.0 Å². The van der Waals surface area contributed by atoms with Gasteiger partial charge in [-0.1, -0.05) is 12.2 Å².